The normalized spacial score (nSPS) is 42.8. The van der Waals surface area contributed by atoms with E-state index in [0.717, 1.165) is 12.8 Å². The monoisotopic (exact) mass is 228 g/mol. The number of hydrogen-bond donors (Lipinski definition) is 3. The average Bonchev–Trinajstić information content (AvgIpc) is 2.53. The summed E-state index contributed by atoms with van der Waals surface area (Å²) in [4.78, 5) is 12.0. The molecule has 2 unspecified atom stereocenters. The van der Waals surface area contributed by atoms with Crippen LogP contribution in [0.1, 0.15) is 19.8 Å². The Morgan fingerprint density at radius 1 is 1.62 bits per heavy atom. The number of amides is 1. The Kier molecular flexibility index (Phi) is 3.19. The molecule has 1 heterocycles. The molecule has 16 heavy (non-hydrogen) atoms. The third-order valence-corrected chi connectivity index (χ3v) is 3.80. The smallest absolute Gasteiger partial charge is 0.229 e. The van der Waals surface area contributed by atoms with Gasteiger partial charge in [0.15, 0.2) is 0 Å². The molecule has 1 amide bonds. The van der Waals surface area contributed by atoms with Gasteiger partial charge in [-0.2, -0.15) is 0 Å². The van der Waals surface area contributed by atoms with E-state index in [0.29, 0.717) is 25.7 Å². The molecule has 0 bridgehead atoms. The predicted molar refractivity (Wildman–Crippen MR) is 58.6 cm³/mol. The van der Waals surface area contributed by atoms with Gasteiger partial charge in [0.25, 0.3) is 0 Å². The van der Waals surface area contributed by atoms with E-state index in [1.165, 1.54) is 0 Å². The summed E-state index contributed by atoms with van der Waals surface area (Å²) in [6, 6.07) is -0.223. The first-order valence-corrected chi connectivity index (χ1v) is 5.82. The van der Waals surface area contributed by atoms with Crippen molar-refractivity contribution in [2.75, 3.05) is 19.8 Å². The molecule has 0 aromatic rings. The molecule has 1 aliphatic heterocycles. The van der Waals surface area contributed by atoms with E-state index in [1.807, 2.05) is 6.92 Å². The van der Waals surface area contributed by atoms with Crippen LogP contribution in [-0.4, -0.2) is 42.9 Å². The second-order valence-corrected chi connectivity index (χ2v) is 5.24. The minimum absolute atomic E-state index is 0.0288. The quantitative estimate of drug-likeness (QED) is 0.592. The Hall–Kier alpha value is -0.650. The molecule has 5 nitrogen and oxygen atoms in total. The summed E-state index contributed by atoms with van der Waals surface area (Å²) in [5, 5.41) is 12.0. The number of aliphatic hydroxyl groups excluding tert-OH is 1. The molecular weight excluding hydrogens is 208 g/mol. The Labute approximate surface area is 95.3 Å². The van der Waals surface area contributed by atoms with Crippen LogP contribution in [0.4, 0.5) is 0 Å². The van der Waals surface area contributed by atoms with Crippen LogP contribution in [0.2, 0.25) is 0 Å². The third-order valence-electron chi connectivity index (χ3n) is 3.80. The Morgan fingerprint density at radius 3 is 2.81 bits per heavy atom. The second-order valence-electron chi connectivity index (χ2n) is 5.24. The summed E-state index contributed by atoms with van der Waals surface area (Å²) >= 11 is 0. The molecule has 0 aromatic carbocycles. The summed E-state index contributed by atoms with van der Waals surface area (Å²) in [5.41, 5.74) is 5.27. The maximum Gasteiger partial charge on any atom is 0.229 e. The van der Waals surface area contributed by atoms with Crippen molar-refractivity contribution < 1.29 is 14.6 Å². The molecule has 92 valence electrons. The molecule has 0 radical (unpaired) electrons. The van der Waals surface area contributed by atoms with E-state index < -0.39 is 5.41 Å². The molecule has 2 rings (SSSR count). The van der Waals surface area contributed by atoms with Crippen LogP contribution in [-0.2, 0) is 9.53 Å². The summed E-state index contributed by atoms with van der Waals surface area (Å²) in [7, 11) is 0. The molecule has 2 fully saturated rings. The highest BCUT2D eigenvalue weighted by molar-refractivity contribution is 5.83. The lowest BCUT2D eigenvalue weighted by molar-refractivity contribution is -0.131. The molecule has 5 heteroatoms. The summed E-state index contributed by atoms with van der Waals surface area (Å²) in [5.74, 6) is 0.389. The zero-order chi connectivity index (χ0) is 11.8. The van der Waals surface area contributed by atoms with Crippen molar-refractivity contribution in [1.29, 1.82) is 0 Å². The van der Waals surface area contributed by atoms with E-state index >= 15 is 0 Å². The molecular formula is C11H20N2O3. The largest absolute Gasteiger partial charge is 0.393 e. The highest BCUT2D eigenvalue weighted by atomic mass is 16.5. The minimum Gasteiger partial charge on any atom is -0.393 e. The molecule has 1 saturated heterocycles. The molecule has 2 atom stereocenters. The van der Waals surface area contributed by atoms with Crippen molar-refractivity contribution in [3.05, 3.63) is 0 Å². The van der Waals surface area contributed by atoms with Crippen molar-refractivity contribution in [3.8, 4) is 0 Å². The van der Waals surface area contributed by atoms with Crippen LogP contribution < -0.4 is 11.1 Å². The molecule has 1 saturated carbocycles. The number of rotatable bonds is 3. The lowest BCUT2D eigenvalue weighted by atomic mass is 9.81. The minimum atomic E-state index is -0.595. The van der Waals surface area contributed by atoms with Crippen molar-refractivity contribution >= 4 is 5.91 Å². The summed E-state index contributed by atoms with van der Waals surface area (Å²) < 4.78 is 5.23. The highest BCUT2D eigenvalue weighted by Gasteiger charge is 2.44. The fourth-order valence-corrected chi connectivity index (χ4v) is 2.23. The Morgan fingerprint density at radius 2 is 2.31 bits per heavy atom. The highest BCUT2D eigenvalue weighted by Crippen LogP contribution is 2.29. The summed E-state index contributed by atoms with van der Waals surface area (Å²) in [6.45, 7) is 3.33. The van der Waals surface area contributed by atoms with Gasteiger partial charge in [-0.15, -0.1) is 0 Å². The van der Waals surface area contributed by atoms with E-state index in [9.17, 15) is 4.79 Å². The zero-order valence-electron chi connectivity index (χ0n) is 9.61. The number of aliphatic hydroxyl groups is 1. The van der Waals surface area contributed by atoms with Crippen molar-refractivity contribution in [2.24, 2.45) is 17.1 Å². The third kappa shape index (κ3) is 2.07. The van der Waals surface area contributed by atoms with Gasteiger partial charge >= 0.3 is 0 Å². The van der Waals surface area contributed by atoms with E-state index in [1.54, 1.807) is 0 Å². The zero-order valence-corrected chi connectivity index (χ0v) is 9.61. The first kappa shape index (κ1) is 11.8. The van der Waals surface area contributed by atoms with Gasteiger partial charge in [-0.25, -0.2) is 0 Å². The maximum absolute atomic E-state index is 12.0. The fourth-order valence-electron chi connectivity index (χ4n) is 2.23. The molecule has 1 aliphatic carbocycles. The predicted octanol–water partition coefficient (Wildman–Crippen LogP) is -0.763. The molecule has 0 spiro atoms. The topological polar surface area (TPSA) is 84.6 Å². The van der Waals surface area contributed by atoms with Crippen molar-refractivity contribution in [1.82, 2.24) is 5.32 Å². The van der Waals surface area contributed by atoms with Gasteiger partial charge in [0.05, 0.1) is 24.7 Å². The number of ether oxygens (including phenoxy) is 1. The van der Waals surface area contributed by atoms with Crippen LogP contribution in [0, 0.1) is 11.3 Å². The van der Waals surface area contributed by atoms with Gasteiger partial charge in [0, 0.05) is 12.6 Å². The molecule has 4 N–H and O–H groups in total. The molecule has 0 aromatic heterocycles. The van der Waals surface area contributed by atoms with Crippen LogP contribution in [0.25, 0.3) is 0 Å². The van der Waals surface area contributed by atoms with Crippen LogP contribution in [0.15, 0.2) is 0 Å². The number of nitrogens with two attached hydrogens (primary N) is 1. The lowest BCUT2D eigenvalue weighted by Gasteiger charge is -2.33. The van der Waals surface area contributed by atoms with Crippen molar-refractivity contribution in [2.45, 2.75) is 31.9 Å². The number of nitrogens with one attached hydrogen (secondary N) is 1. The van der Waals surface area contributed by atoms with Crippen molar-refractivity contribution in [3.63, 3.8) is 0 Å². The summed E-state index contributed by atoms with van der Waals surface area (Å²) in [6.07, 6.45) is 1.41. The average molecular weight is 228 g/mol. The van der Waals surface area contributed by atoms with Crippen LogP contribution in [0.3, 0.4) is 0 Å². The van der Waals surface area contributed by atoms with E-state index in [-0.39, 0.29) is 18.1 Å². The van der Waals surface area contributed by atoms with Gasteiger partial charge in [-0.3, -0.25) is 4.79 Å². The number of carbonyl (C=O) groups excluding carboxylic acids is 1. The number of carbonyl (C=O) groups is 1. The van der Waals surface area contributed by atoms with Crippen LogP contribution in [0.5, 0.6) is 0 Å². The number of hydrogen-bond acceptors (Lipinski definition) is 4. The van der Waals surface area contributed by atoms with Gasteiger partial charge in [-0.1, -0.05) is 0 Å². The second kappa shape index (κ2) is 4.31. The van der Waals surface area contributed by atoms with E-state index in [4.69, 9.17) is 15.6 Å². The Balaban J connectivity index is 1.79. The first-order valence-electron chi connectivity index (χ1n) is 5.82. The standard InChI is InChI=1S/C11H20N2O3/c1-11(6-16-5-9(11)12)10(15)13-4-7-2-8(14)3-7/h7-9,14H,2-6,12H2,1H3,(H,13,15). The van der Waals surface area contributed by atoms with E-state index in [2.05, 4.69) is 5.32 Å². The van der Waals surface area contributed by atoms with Crippen LogP contribution >= 0.6 is 0 Å². The SMILES string of the molecule is CC1(C(=O)NCC2CC(O)C2)COCC1N. The lowest BCUT2D eigenvalue weighted by Crippen LogP contribution is -2.51. The maximum atomic E-state index is 12.0. The van der Waals surface area contributed by atoms with Gasteiger partial charge in [0.2, 0.25) is 5.91 Å². The van der Waals surface area contributed by atoms with Gasteiger partial charge in [-0.05, 0) is 25.7 Å². The van der Waals surface area contributed by atoms with Gasteiger partial charge < -0.3 is 20.9 Å². The fraction of sp³-hybridized carbons (Fsp3) is 0.909. The first-order chi connectivity index (χ1) is 7.52. The Bertz CT molecular complexity index is 278. The van der Waals surface area contributed by atoms with Gasteiger partial charge in [0.1, 0.15) is 0 Å². The molecule has 2 aliphatic rings.